The Kier molecular flexibility index (Phi) is 9.63. The molecule has 1 aromatic heterocycles. The van der Waals surface area contributed by atoms with Gasteiger partial charge in [0.2, 0.25) is 0 Å². The molecule has 0 amide bonds. The highest BCUT2D eigenvalue weighted by Gasteiger charge is 2.46. The van der Waals surface area contributed by atoms with E-state index >= 15 is 0 Å². The van der Waals surface area contributed by atoms with E-state index in [2.05, 4.69) is 222 Å². The minimum absolute atomic E-state index is 0.124. The molecule has 10 aromatic carbocycles. The molecule has 1 spiro atoms. The Balaban J connectivity index is 0.791. The zero-order chi connectivity index (χ0) is 46.2. The Labute approximate surface area is 413 Å². The van der Waals surface area contributed by atoms with Crippen molar-refractivity contribution in [1.29, 1.82) is 0 Å². The number of hydrogen-bond acceptors (Lipinski definition) is 4. The fraction of sp³-hybridized carbons (Fsp3) is 0.0909. The van der Waals surface area contributed by atoms with Crippen molar-refractivity contribution in [1.82, 2.24) is 0 Å². The smallest absolute Gasteiger partial charge is 0.151 e. The van der Waals surface area contributed by atoms with Crippen molar-refractivity contribution in [2.75, 3.05) is 9.80 Å². The summed E-state index contributed by atoms with van der Waals surface area (Å²) >= 11 is 1.88. The third-order valence-corrected chi connectivity index (χ3v) is 16.6. The van der Waals surface area contributed by atoms with Crippen LogP contribution in [0.3, 0.4) is 0 Å². The molecule has 0 N–H and O–H groups in total. The van der Waals surface area contributed by atoms with Crippen LogP contribution in [0.5, 0.6) is 11.5 Å². The lowest BCUT2D eigenvalue weighted by Crippen LogP contribution is -2.38. The topological polar surface area (TPSA) is 15.7 Å². The number of rotatable bonds is 6. The third-order valence-electron chi connectivity index (χ3n) is 15.5. The highest BCUT2D eigenvalue weighted by molar-refractivity contribution is 7.25. The first-order valence-corrected chi connectivity index (χ1v) is 25.4. The van der Waals surface area contributed by atoms with Gasteiger partial charge in [-0.05, 0) is 167 Å². The van der Waals surface area contributed by atoms with E-state index in [9.17, 15) is 0 Å². The molecule has 1 saturated carbocycles. The van der Waals surface area contributed by atoms with Crippen molar-refractivity contribution in [2.24, 2.45) is 0 Å². The van der Waals surface area contributed by atoms with Crippen molar-refractivity contribution < 1.29 is 4.74 Å². The number of para-hydroxylation sites is 5. The molecule has 0 atom stereocenters. The lowest BCUT2D eigenvalue weighted by molar-refractivity contribution is 0.314. The van der Waals surface area contributed by atoms with Gasteiger partial charge < -0.3 is 14.5 Å². The fourth-order valence-corrected chi connectivity index (χ4v) is 13.1. The molecule has 0 saturated heterocycles. The predicted molar refractivity (Wildman–Crippen MR) is 294 cm³/mol. The number of ether oxygens (including phenoxy) is 1. The van der Waals surface area contributed by atoms with E-state index in [1.807, 2.05) is 35.6 Å². The maximum atomic E-state index is 6.28. The van der Waals surface area contributed by atoms with Crippen molar-refractivity contribution in [2.45, 2.75) is 37.0 Å². The third kappa shape index (κ3) is 6.70. The van der Waals surface area contributed by atoms with Gasteiger partial charge in [0.1, 0.15) is 0 Å². The van der Waals surface area contributed by atoms with Gasteiger partial charge in [-0.3, -0.25) is 0 Å². The van der Waals surface area contributed by atoms with Crippen molar-refractivity contribution >= 4 is 65.6 Å². The summed E-state index contributed by atoms with van der Waals surface area (Å²) in [4.78, 5) is 4.83. The molecule has 2 aliphatic heterocycles. The largest absolute Gasteiger partial charge is 0.453 e. The summed E-state index contributed by atoms with van der Waals surface area (Å²) in [6.45, 7) is 0. The quantitative estimate of drug-likeness (QED) is 0.165. The van der Waals surface area contributed by atoms with Gasteiger partial charge in [0.05, 0.1) is 22.7 Å². The normalized spacial score (nSPS) is 16.9. The summed E-state index contributed by atoms with van der Waals surface area (Å²) in [6.07, 6.45) is 4.40. The first kappa shape index (κ1) is 40.8. The molecule has 0 radical (unpaired) electrons. The number of benzene rings is 10. The van der Waals surface area contributed by atoms with Crippen molar-refractivity contribution in [3.8, 4) is 44.9 Å². The van der Waals surface area contributed by atoms with E-state index in [1.165, 1.54) is 87.3 Å². The maximum Gasteiger partial charge on any atom is 0.151 e. The van der Waals surface area contributed by atoms with Crippen LogP contribution in [0.15, 0.2) is 237 Å². The Morgan fingerprint density at radius 3 is 1.54 bits per heavy atom. The molecular weight excluding hydrogens is 869 g/mol. The van der Waals surface area contributed by atoms with Crippen LogP contribution in [0.2, 0.25) is 0 Å². The lowest BCUT2D eigenvalue weighted by Gasteiger charge is -2.49. The highest BCUT2D eigenvalue weighted by atomic mass is 32.1. The van der Waals surface area contributed by atoms with Crippen LogP contribution in [-0.4, -0.2) is 0 Å². The van der Waals surface area contributed by atoms with Crippen LogP contribution in [0.25, 0.3) is 53.6 Å². The predicted octanol–water partition coefficient (Wildman–Crippen LogP) is 19.1. The lowest BCUT2D eigenvalue weighted by atomic mass is 9.60. The van der Waals surface area contributed by atoms with Gasteiger partial charge in [-0.2, -0.15) is 0 Å². The summed E-state index contributed by atoms with van der Waals surface area (Å²) in [7, 11) is 0. The molecule has 3 heterocycles. The van der Waals surface area contributed by atoms with Gasteiger partial charge in [-0.15, -0.1) is 11.3 Å². The summed E-state index contributed by atoms with van der Waals surface area (Å²) in [5.74, 6) is 2.22. The first-order chi connectivity index (χ1) is 34.6. The second kappa shape index (κ2) is 16.5. The van der Waals surface area contributed by atoms with Crippen LogP contribution >= 0.6 is 11.3 Å². The van der Waals surface area contributed by atoms with Crippen LogP contribution in [0.4, 0.5) is 34.1 Å². The van der Waals surface area contributed by atoms with Crippen LogP contribution in [0.1, 0.15) is 48.3 Å². The number of fused-ring (bicyclic) bond motifs is 9. The summed E-state index contributed by atoms with van der Waals surface area (Å²) < 4.78 is 8.96. The molecular formula is C66H48N2OS. The van der Waals surface area contributed by atoms with Crippen molar-refractivity contribution in [3.05, 3.63) is 253 Å². The van der Waals surface area contributed by atoms with Gasteiger partial charge in [-0.1, -0.05) is 152 Å². The summed E-state index contributed by atoms with van der Waals surface area (Å²) in [5, 5.41) is 2.67. The van der Waals surface area contributed by atoms with E-state index < -0.39 is 0 Å². The van der Waals surface area contributed by atoms with Gasteiger partial charge in [-0.25, -0.2) is 0 Å². The number of nitrogens with zero attached hydrogens (tertiary/aromatic N) is 2. The molecule has 14 rings (SSSR count). The second-order valence-corrected chi connectivity index (χ2v) is 20.3. The average Bonchev–Trinajstić information content (AvgIpc) is 3.81. The second-order valence-electron chi connectivity index (χ2n) is 19.2. The zero-order valence-corrected chi connectivity index (χ0v) is 39.4. The minimum Gasteiger partial charge on any atom is -0.453 e. The maximum absolute atomic E-state index is 6.28. The summed E-state index contributed by atoms with van der Waals surface area (Å²) in [5.41, 5.74) is 18.6. The van der Waals surface area contributed by atoms with E-state index in [0.717, 1.165) is 54.2 Å². The van der Waals surface area contributed by atoms with Crippen LogP contribution in [0, 0.1) is 0 Å². The van der Waals surface area contributed by atoms with Crippen LogP contribution in [-0.2, 0) is 5.41 Å². The van der Waals surface area contributed by atoms with E-state index in [1.54, 1.807) is 0 Å². The summed E-state index contributed by atoms with van der Waals surface area (Å²) in [6, 6.07) is 87.4. The minimum atomic E-state index is -0.124. The molecule has 3 nitrogen and oxygen atoms in total. The van der Waals surface area contributed by atoms with Gasteiger partial charge in [0.25, 0.3) is 0 Å². The Hall–Kier alpha value is -8.18. The molecule has 11 aromatic rings. The molecule has 1 aliphatic carbocycles. The van der Waals surface area contributed by atoms with E-state index in [4.69, 9.17) is 4.74 Å². The number of thiophene rings is 1. The number of anilines is 6. The molecule has 334 valence electrons. The van der Waals surface area contributed by atoms with E-state index in [0.29, 0.717) is 5.92 Å². The molecule has 0 unspecified atom stereocenters. The van der Waals surface area contributed by atoms with Crippen LogP contribution < -0.4 is 14.5 Å². The Bertz CT molecular complexity index is 3710. The zero-order valence-electron chi connectivity index (χ0n) is 38.6. The molecule has 3 aliphatic rings. The molecule has 70 heavy (non-hydrogen) atoms. The Morgan fingerprint density at radius 1 is 0.371 bits per heavy atom. The SMILES string of the molecule is c1ccc(-c2ccc(N3c4ccccc4C4(CCC(c5ccc(-c6ccc(N7c8ccccc8Oc8ccccc87)cc6)cc5)CC4)c4cc(-c5ccc6sc7ccccc7c6c5)ccc43)cc2)cc1. The molecule has 4 heteroatoms. The Morgan fingerprint density at radius 2 is 0.857 bits per heavy atom. The van der Waals surface area contributed by atoms with Crippen molar-refractivity contribution in [3.63, 3.8) is 0 Å². The average molecular weight is 917 g/mol. The molecule has 0 bridgehead atoms. The first-order valence-electron chi connectivity index (χ1n) is 24.6. The van der Waals surface area contributed by atoms with Gasteiger partial charge in [0, 0.05) is 37.0 Å². The monoisotopic (exact) mass is 916 g/mol. The highest BCUT2D eigenvalue weighted by Crippen LogP contribution is 2.60. The molecule has 1 fully saturated rings. The van der Waals surface area contributed by atoms with Gasteiger partial charge >= 0.3 is 0 Å². The van der Waals surface area contributed by atoms with E-state index in [-0.39, 0.29) is 5.41 Å². The standard InChI is InChI=1S/C66H48N2OS/c1-2-12-44(13-3-1)47-26-32-52(33-27-47)67-58-16-6-5-15-56(58)66(57-43-51(30-36-59(57)67)50-31-37-65-55(42-50)54-14-4-11-21-64(54)70-65)40-38-49(39-41-66)46-24-22-45(23-25-46)48-28-34-53(35-29-48)68-60-17-7-9-19-62(60)69-63-20-10-8-18-61(63)68/h1-37,42-43,49H,38-41H2. The fourth-order valence-electron chi connectivity index (χ4n) is 12.0. The number of hydrogen-bond donors (Lipinski definition) is 0. The van der Waals surface area contributed by atoms with Gasteiger partial charge in [0.15, 0.2) is 11.5 Å².